The summed E-state index contributed by atoms with van der Waals surface area (Å²) in [5.74, 6) is 0. The van der Waals surface area contributed by atoms with E-state index in [1.807, 2.05) is 37.3 Å². The Hall–Kier alpha value is -1.69. The summed E-state index contributed by atoms with van der Waals surface area (Å²) < 4.78 is 31.4. The highest BCUT2D eigenvalue weighted by Gasteiger charge is 2.28. The summed E-state index contributed by atoms with van der Waals surface area (Å²) in [6, 6.07) is 16.8. The van der Waals surface area contributed by atoms with E-state index >= 15 is 0 Å². The van der Waals surface area contributed by atoms with Crippen molar-refractivity contribution < 1.29 is 12.6 Å². The summed E-state index contributed by atoms with van der Waals surface area (Å²) in [4.78, 5) is 2.53. The number of hydrogen-bond acceptors (Lipinski definition) is 4. The van der Waals surface area contributed by atoms with Gasteiger partial charge >= 0.3 is 0 Å². The van der Waals surface area contributed by atoms with E-state index in [4.69, 9.17) is 4.18 Å². The smallest absolute Gasteiger partial charge is 0.297 e. The van der Waals surface area contributed by atoms with E-state index in [0.29, 0.717) is 12.5 Å². The second-order valence-electron chi connectivity index (χ2n) is 7.13. The fourth-order valence-electron chi connectivity index (χ4n) is 3.50. The molecule has 2 atom stereocenters. The van der Waals surface area contributed by atoms with Crippen molar-refractivity contribution in [1.82, 2.24) is 4.90 Å². The monoisotopic (exact) mass is 373 g/mol. The molecule has 0 aromatic heterocycles. The summed E-state index contributed by atoms with van der Waals surface area (Å²) in [6.07, 6.45) is 3.65. The third kappa shape index (κ3) is 4.72. The van der Waals surface area contributed by atoms with Crippen LogP contribution in [0.25, 0.3) is 0 Å². The van der Waals surface area contributed by atoms with E-state index in [1.54, 1.807) is 24.3 Å². The fraction of sp³-hybridized carbons (Fsp3) is 0.429. The minimum atomic E-state index is -3.81. The lowest BCUT2D eigenvalue weighted by Gasteiger charge is -2.34. The molecule has 1 fully saturated rings. The summed E-state index contributed by atoms with van der Waals surface area (Å²) in [5.41, 5.74) is 1.93. The molecule has 1 aliphatic heterocycles. The number of hydrogen-bond donors (Lipinski definition) is 0. The third-order valence-electron chi connectivity index (χ3n) is 5.13. The van der Waals surface area contributed by atoms with Crippen molar-refractivity contribution in [3.8, 4) is 0 Å². The molecule has 0 aliphatic carbocycles. The topological polar surface area (TPSA) is 46.6 Å². The lowest BCUT2D eigenvalue weighted by atomic mass is 9.94. The maximum absolute atomic E-state index is 12.8. The van der Waals surface area contributed by atoms with Gasteiger partial charge in [0, 0.05) is 6.04 Å². The molecule has 0 N–H and O–H groups in total. The van der Waals surface area contributed by atoms with E-state index in [-0.39, 0.29) is 4.90 Å². The molecule has 1 heterocycles. The van der Waals surface area contributed by atoms with Crippen LogP contribution in [0.4, 0.5) is 0 Å². The molecule has 4 nitrogen and oxygen atoms in total. The Bertz CT molecular complexity index is 803. The Kier molecular flexibility index (Phi) is 6.12. The Morgan fingerprint density at radius 2 is 1.77 bits per heavy atom. The fourth-order valence-corrected chi connectivity index (χ4v) is 4.58. The Balaban J connectivity index is 1.84. The van der Waals surface area contributed by atoms with Gasteiger partial charge in [-0.15, -0.1) is 0 Å². The number of likely N-dealkylation sites (tertiary alicyclic amines) is 1. The van der Waals surface area contributed by atoms with Crippen molar-refractivity contribution in [2.75, 3.05) is 13.6 Å². The van der Waals surface area contributed by atoms with Gasteiger partial charge in [0.2, 0.25) is 0 Å². The van der Waals surface area contributed by atoms with Crippen LogP contribution in [-0.4, -0.2) is 33.0 Å². The van der Waals surface area contributed by atoms with Crippen LogP contribution < -0.4 is 0 Å². The van der Waals surface area contributed by atoms with Crippen LogP contribution in [0.3, 0.4) is 0 Å². The summed E-state index contributed by atoms with van der Waals surface area (Å²) in [5, 5.41) is 0. The number of piperidine rings is 1. The lowest BCUT2D eigenvalue weighted by Crippen LogP contribution is -2.37. The van der Waals surface area contributed by atoms with Gasteiger partial charge in [-0.2, -0.15) is 8.42 Å². The molecule has 3 rings (SSSR count). The van der Waals surface area contributed by atoms with Gasteiger partial charge in [0.25, 0.3) is 10.1 Å². The highest BCUT2D eigenvalue weighted by molar-refractivity contribution is 7.86. The van der Waals surface area contributed by atoms with Crippen LogP contribution in [-0.2, 0) is 14.3 Å². The first-order chi connectivity index (χ1) is 12.5. The molecular weight excluding hydrogens is 346 g/mol. The number of nitrogens with zero attached hydrogens (tertiary/aromatic N) is 1. The van der Waals surface area contributed by atoms with Crippen LogP contribution in [0.15, 0.2) is 59.5 Å². The molecule has 0 bridgehead atoms. The molecular formula is C21H27NO3S. The van der Waals surface area contributed by atoms with Gasteiger partial charge in [-0.3, -0.25) is 4.18 Å². The molecule has 26 heavy (non-hydrogen) atoms. The highest BCUT2D eigenvalue weighted by atomic mass is 32.2. The summed E-state index contributed by atoms with van der Waals surface area (Å²) in [7, 11) is -1.70. The normalized spacial score (nSPS) is 20.0. The number of rotatable bonds is 6. The zero-order chi connectivity index (χ0) is 18.6. The second-order valence-corrected chi connectivity index (χ2v) is 8.70. The third-order valence-corrected chi connectivity index (χ3v) is 6.47. The first kappa shape index (κ1) is 19.1. The Morgan fingerprint density at radius 3 is 2.42 bits per heavy atom. The van der Waals surface area contributed by atoms with Crippen LogP contribution in [0.5, 0.6) is 0 Å². The predicted octanol–water partition coefficient (Wildman–Crippen LogP) is 4.32. The van der Waals surface area contributed by atoms with Crippen molar-refractivity contribution in [3.63, 3.8) is 0 Å². The molecule has 140 valence electrons. The van der Waals surface area contributed by atoms with Gasteiger partial charge in [-0.25, -0.2) is 0 Å². The zero-order valence-electron chi connectivity index (χ0n) is 15.5. The van der Waals surface area contributed by atoms with Crippen molar-refractivity contribution in [2.24, 2.45) is 0 Å². The van der Waals surface area contributed by atoms with Crippen molar-refractivity contribution in [3.05, 3.63) is 65.7 Å². The van der Waals surface area contributed by atoms with E-state index in [0.717, 1.165) is 24.1 Å². The SMILES string of the molecule is Cc1ccc(S(=O)(=O)O[C@@H](C[C@@H]2CCCCN2C)c2ccccc2)cc1. The largest absolute Gasteiger partial charge is 0.303 e. The lowest BCUT2D eigenvalue weighted by molar-refractivity contribution is 0.113. The van der Waals surface area contributed by atoms with E-state index in [2.05, 4.69) is 11.9 Å². The molecule has 5 heteroatoms. The van der Waals surface area contributed by atoms with Gasteiger partial charge in [0.05, 0.1) is 4.90 Å². The van der Waals surface area contributed by atoms with E-state index in [9.17, 15) is 8.42 Å². The maximum atomic E-state index is 12.8. The highest BCUT2D eigenvalue weighted by Crippen LogP contribution is 2.31. The van der Waals surface area contributed by atoms with Crippen LogP contribution in [0.2, 0.25) is 0 Å². The molecule has 2 aromatic rings. The van der Waals surface area contributed by atoms with Crippen molar-refractivity contribution in [2.45, 2.75) is 49.6 Å². The molecule has 1 aliphatic rings. The minimum absolute atomic E-state index is 0.209. The second kappa shape index (κ2) is 8.33. The number of benzene rings is 2. The average Bonchev–Trinajstić information content (AvgIpc) is 2.64. The first-order valence-corrected chi connectivity index (χ1v) is 10.6. The molecule has 0 amide bonds. The molecule has 0 saturated carbocycles. The maximum Gasteiger partial charge on any atom is 0.297 e. The minimum Gasteiger partial charge on any atom is -0.303 e. The average molecular weight is 374 g/mol. The number of aryl methyl sites for hydroxylation is 1. The van der Waals surface area contributed by atoms with E-state index < -0.39 is 16.2 Å². The van der Waals surface area contributed by atoms with Crippen LogP contribution >= 0.6 is 0 Å². The van der Waals surface area contributed by atoms with Gasteiger partial charge in [0.15, 0.2) is 0 Å². The zero-order valence-corrected chi connectivity index (χ0v) is 16.3. The van der Waals surface area contributed by atoms with Gasteiger partial charge < -0.3 is 4.90 Å². The van der Waals surface area contributed by atoms with Crippen LogP contribution in [0, 0.1) is 6.92 Å². The molecule has 2 aromatic carbocycles. The van der Waals surface area contributed by atoms with Gasteiger partial charge in [-0.1, -0.05) is 54.4 Å². The standard InChI is InChI=1S/C21H27NO3S/c1-17-11-13-20(14-12-17)26(23,24)25-21(18-8-4-3-5-9-18)16-19-10-6-7-15-22(19)2/h3-5,8-9,11-14,19,21H,6-7,10,15-16H2,1-2H3/t19-,21-/m0/s1. The Labute approximate surface area is 156 Å². The first-order valence-electron chi connectivity index (χ1n) is 9.21. The summed E-state index contributed by atoms with van der Waals surface area (Å²) in [6.45, 7) is 2.99. The summed E-state index contributed by atoms with van der Waals surface area (Å²) >= 11 is 0. The quantitative estimate of drug-likeness (QED) is 0.708. The molecule has 0 unspecified atom stereocenters. The van der Waals surface area contributed by atoms with Crippen molar-refractivity contribution >= 4 is 10.1 Å². The van der Waals surface area contributed by atoms with E-state index in [1.165, 1.54) is 12.8 Å². The molecule has 1 saturated heterocycles. The Morgan fingerprint density at radius 1 is 1.08 bits per heavy atom. The predicted molar refractivity (Wildman–Crippen MR) is 104 cm³/mol. The molecule has 0 radical (unpaired) electrons. The van der Waals surface area contributed by atoms with Crippen molar-refractivity contribution in [1.29, 1.82) is 0 Å². The van der Waals surface area contributed by atoms with Gasteiger partial charge in [0.1, 0.15) is 6.10 Å². The van der Waals surface area contributed by atoms with Gasteiger partial charge in [-0.05, 0) is 57.5 Å². The molecule has 0 spiro atoms. The van der Waals surface area contributed by atoms with Crippen LogP contribution in [0.1, 0.15) is 42.9 Å².